The van der Waals surface area contributed by atoms with Gasteiger partial charge in [0.1, 0.15) is 0 Å². The standard InChI is InChI=1S/C8H19NO5S/c1-8(11,7-10)6-9-15(12,13)5-3-4-14-2/h9-11H,3-7H2,1-2H3. The summed E-state index contributed by atoms with van der Waals surface area (Å²) in [5, 5.41) is 18.1. The number of ether oxygens (including phenoxy) is 1. The largest absolute Gasteiger partial charge is 0.393 e. The van der Waals surface area contributed by atoms with E-state index in [0.29, 0.717) is 13.0 Å². The van der Waals surface area contributed by atoms with Crippen molar-refractivity contribution < 1.29 is 23.4 Å². The molecule has 0 amide bonds. The van der Waals surface area contributed by atoms with Crippen LogP contribution in [0.15, 0.2) is 0 Å². The van der Waals surface area contributed by atoms with Crippen LogP contribution in [0.3, 0.4) is 0 Å². The van der Waals surface area contributed by atoms with Crippen LogP contribution in [0.1, 0.15) is 13.3 Å². The van der Waals surface area contributed by atoms with Gasteiger partial charge in [-0.1, -0.05) is 0 Å². The fourth-order valence-electron chi connectivity index (χ4n) is 0.787. The molecule has 0 aromatic carbocycles. The summed E-state index contributed by atoms with van der Waals surface area (Å²) in [5.74, 6) is -0.0532. The van der Waals surface area contributed by atoms with Crippen molar-refractivity contribution in [3.8, 4) is 0 Å². The Labute approximate surface area is 90.3 Å². The first-order valence-electron chi connectivity index (χ1n) is 4.62. The summed E-state index contributed by atoms with van der Waals surface area (Å²) in [5.41, 5.74) is -1.42. The monoisotopic (exact) mass is 241 g/mol. The van der Waals surface area contributed by atoms with E-state index in [-0.39, 0.29) is 12.3 Å². The van der Waals surface area contributed by atoms with E-state index in [4.69, 9.17) is 9.84 Å². The number of aliphatic hydroxyl groups is 2. The van der Waals surface area contributed by atoms with Gasteiger partial charge in [0.2, 0.25) is 10.0 Å². The van der Waals surface area contributed by atoms with Gasteiger partial charge in [0.05, 0.1) is 18.0 Å². The van der Waals surface area contributed by atoms with Gasteiger partial charge in [-0.15, -0.1) is 0 Å². The Kier molecular flexibility index (Phi) is 6.30. The van der Waals surface area contributed by atoms with Gasteiger partial charge in [0, 0.05) is 20.3 Å². The molecule has 1 atom stereocenters. The Morgan fingerprint density at radius 2 is 2.07 bits per heavy atom. The van der Waals surface area contributed by atoms with Crippen LogP contribution in [0.5, 0.6) is 0 Å². The molecule has 0 fully saturated rings. The Bertz CT molecular complexity index is 262. The molecule has 7 heteroatoms. The van der Waals surface area contributed by atoms with Crippen LogP contribution >= 0.6 is 0 Å². The molecule has 0 aromatic heterocycles. The highest BCUT2D eigenvalue weighted by molar-refractivity contribution is 7.89. The number of nitrogens with one attached hydrogen (secondary N) is 1. The minimum atomic E-state index is -3.40. The highest BCUT2D eigenvalue weighted by atomic mass is 32.2. The molecule has 6 nitrogen and oxygen atoms in total. The van der Waals surface area contributed by atoms with Crippen LogP contribution < -0.4 is 4.72 Å². The molecule has 0 rings (SSSR count). The van der Waals surface area contributed by atoms with Crippen molar-refractivity contribution in [1.29, 1.82) is 0 Å². The lowest BCUT2D eigenvalue weighted by Crippen LogP contribution is -2.43. The van der Waals surface area contributed by atoms with Gasteiger partial charge in [-0.05, 0) is 13.3 Å². The van der Waals surface area contributed by atoms with Gasteiger partial charge >= 0.3 is 0 Å². The third kappa shape index (κ3) is 7.69. The normalized spacial score (nSPS) is 16.3. The lowest BCUT2D eigenvalue weighted by molar-refractivity contribution is 0.00681. The highest BCUT2D eigenvalue weighted by Crippen LogP contribution is 2.00. The second kappa shape index (κ2) is 6.39. The zero-order valence-corrected chi connectivity index (χ0v) is 9.88. The van der Waals surface area contributed by atoms with E-state index >= 15 is 0 Å². The van der Waals surface area contributed by atoms with E-state index in [1.807, 2.05) is 0 Å². The molecular weight excluding hydrogens is 222 g/mol. The van der Waals surface area contributed by atoms with Crippen LogP contribution in [-0.2, 0) is 14.8 Å². The summed E-state index contributed by atoms with van der Waals surface area (Å²) in [7, 11) is -1.90. The molecule has 0 bridgehead atoms. The first kappa shape index (κ1) is 14.8. The van der Waals surface area contributed by atoms with Crippen LogP contribution in [0.4, 0.5) is 0 Å². The predicted molar refractivity (Wildman–Crippen MR) is 56.0 cm³/mol. The maximum Gasteiger partial charge on any atom is 0.211 e. The number of sulfonamides is 1. The molecule has 0 aliphatic carbocycles. The number of hydrogen-bond donors (Lipinski definition) is 3. The predicted octanol–water partition coefficient (Wildman–Crippen LogP) is -1.31. The van der Waals surface area contributed by atoms with Gasteiger partial charge in [-0.2, -0.15) is 0 Å². The van der Waals surface area contributed by atoms with Crippen molar-refractivity contribution in [2.45, 2.75) is 18.9 Å². The number of rotatable bonds is 8. The van der Waals surface area contributed by atoms with Crippen molar-refractivity contribution >= 4 is 10.0 Å². The average Bonchev–Trinajstić information content (AvgIpc) is 2.16. The van der Waals surface area contributed by atoms with Crippen LogP contribution in [0.25, 0.3) is 0 Å². The lowest BCUT2D eigenvalue weighted by Gasteiger charge is -2.20. The first-order chi connectivity index (χ1) is 6.83. The fourth-order valence-corrected chi connectivity index (χ4v) is 1.96. The van der Waals surface area contributed by atoms with Gasteiger partial charge in [-0.3, -0.25) is 0 Å². The topological polar surface area (TPSA) is 95.9 Å². The molecule has 92 valence electrons. The molecule has 1 unspecified atom stereocenters. The smallest absolute Gasteiger partial charge is 0.211 e. The highest BCUT2D eigenvalue weighted by Gasteiger charge is 2.21. The molecule has 0 spiro atoms. The Morgan fingerprint density at radius 1 is 1.47 bits per heavy atom. The second-order valence-corrected chi connectivity index (χ2v) is 5.57. The summed E-state index contributed by atoms with van der Waals surface area (Å²) in [6.07, 6.45) is 0.396. The third-order valence-electron chi connectivity index (χ3n) is 1.78. The average molecular weight is 241 g/mol. The Hall–Kier alpha value is -0.210. The third-order valence-corrected chi connectivity index (χ3v) is 3.19. The van der Waals surface area contributed by atoms with E-state index in [0.717, 1.165) is 0 Å². The van der Waals surface area contributed by atoms with Crippen LogP contribution in [0.2, 0.25) is 0 Å². The minimum absolute atomic E-state index is 0.0532. The van der Waals surface area contributed by atoms with E-state index in [1.54, 1.807) is 0 Å². The van der Waals surface area contributed by atoms with E-state index in [2.05, 4.69) is 4.72 Å². The quantitative estimate of drug-likeness (QED) is 0.458. The molecule has 3 N–H and O–H groups in total. The second-order valence-electron chi connectivity index (χ2n) is 3.64. The Morgan fingerprint density at radius 3 is 2.53 bits per heavy atom. The van der Waals surface area contributed by atoms with Crippen LogP contribution in [0, 0.1) is 0 Å². The summed E-state index contributed by atoms with van der Waals surface area (Å²) in [6, 6.07) is 0. The maximum absolute atomic E-state index is 11.3. The molecule has 0 saturated carbocycles. The van der Waals surface area contributed by atoms with Gasteiger partial charge < -0.3 is 14.9 Å². The summed E-state index contributed by atoms with van der Waals surface area (Å²) >= 11 is 0. The number of methoxy groups -OCH3 is 1. The Balaban J connectivity index is 3.94. The fraction of sp³-hybridized carbons (Fsp3) is 1.00. The van der Waals surface area contributed by atoms with Crippen molar-refractivity contribution in [3.05, 3.63) is 0 Å². The van der Waals surface area contributed by atoms with Gasteiger partial charge in [0.25, 0.3) is 0 Å². The number of aliphatic hydroxyl groups excluding tert-OH is 1. The van der Waals surface area contributed by atoms with E-state index < -0.39 is 22.2 Å². The van der Waals surface area contributed by atoms with Crippen molar-refractivity contribution in [1.82, 2.24) is 4.72 Å². The zero-order valence-electron chi connectivity index (χ0n) is 9.06. The summed E-state index contributed by atoms with van der Waals surface area (Å²) < 4.78 is 29.6. The van der Waals surface area contributed by atoms with E-state index in [1.165, 1.54) is 14.0 Å². The number of hydrogen-bond acceptors (Lipinski definition) is 5. The maximum atomic E-state index is 11.3. The van der Waals surface area contributed by atoms with Crippen molar-refractivity contribution in [2.24, 2.45) is 0 Å². The molecule has 0 heterocycles. The van der Waals surface area contributed by atoms with Crippen molar-refractivity contribution in [2.75, 3.05) is 32.6 Å². The minimum Gasteiger partial charge on any atom is -0.393 e. The summed E-state index contributed by atoms with van der Waals surface area (Å²) in [6.45, 7) is 1.04. The summed E-state index contributed by atoms with van der Waals surface area (Å²) in [4.78, 5) is 0. The molecular formula is C8H19NO5S. The molecule has 0 saturated heterocycles. The van der Waals surface area contributed by atoms with Crippen molar-refractivity contribution in [3.63, 3.8) is 0 Å². The molecule has 0 aromatic rings. The SMILES string of the molecule is COCCCS(=O)(=O)NCC(C)(O)CO. The van der Waals surface area contributed by atoms with Gasteiger partial charge in [-0.25, -0.2) is 13.1 Å². The lowest BCUT2D eigenvalue weighted by atomic mass is 10.1. The zero-order chi connectivity index (χ0) is 11.9. The molecule has 0 aliphatic rings. The van der Waals surface area contributed by atoms with Gasteiger partial charge in [0.15, 0.2) is 0 Å². The molecule has 0 aliphatic heterocycles. The molecule has 0 radical (unpaired) electrons. The van der Waals surface area contributed by atoms with Crippen LogP contribution in [-0.4, -0.2) is 56.9 Å². The van der Waals surface area contributed by atoms with E-state index in [9.17, 15) is 13.5 Å². The first-order valence-corrected chi connectivity index (χ1v) is 6.28. The molecule has 15 heavy (non-hydrogen) atoms.